The van der Waals surface area contributed by atoms with Crippen molar-refractivity contribution in [3.8, 4) is 0 Å². The Morgan fingerprint density at radius 2 is 2.22 bits per heavy atom. The van der Waals surface area contributed by atoms with Gasteiger partial charge in [0.2, 0.25) is 0 Å². The van der Waals surface area contributed by atoms with Crippen LogP contribution in [0.2, 0.25) is 0 Å². The fourth-order valence-corrected chi connectivity index (χ4v) is 2.32. The van der Waals surface area contributed by atoms with E-state index in [1.54, 1.807) is 12.1 Å². The summed E-state index contributed by atoms with van der Waals surface area (Å²) in [5.74, 6) is 0. The van der Waals surface area contributed by atoms with E-state index < -0.39 is 4.92 Å². The minimum absolute atomic E-state index is 0.00547. The van der Waals surface area contributed by atoms with E-state index in [2.05, 4.69) is 5.32 Å². The molecule has 1 aromatic carbocycles. The normalized spacial score (nSPS) is 14.0. The molecular weight excluding hydrogens is 252 g/mol. The van der Waals surface area contributed by atoms with Crippen molar-refractivity contribution >= 4 is 23.1 Å². The quantitative estimate of drug-likeness (QED) is 0.613. The standard InChI is InChI=1S/C12H18N2O3S/c1-8-4-5-10(11(6-8)14(16)17)13-9(2)12(7-15)18-3/h4-6,9,12-13,15H,7H2,1-3H3. The lowest BCUT2D eigenvalue weighted by molar-refractivity contribution is -0.384. The molecule has 0 aliphatic carbocycles. The van der Waals surface area contributed by atoms with Gasteiger partial charge in [-0.25, -0.2) is 0 Å². The smallest absolute Gasteiger partial charge is 0.292 e. The number of hydrogen-bond acceptors (Lipinski definition) is 5. The van der Waals surface area contributed by atoms with E-state index in [9.17, 15) is 15.2 Å². The maximum absolute atomic E-state index is 11.0. The predicted molar refractivity (Wildman–Crippen MR) is 75.3 cm³/mol. The molecule has 0 fully saturated rings. The first-order chi connectivity index (χ1) is 8.49. The van der Waals surface area contributed by atoms with E-state index in [4.69, 9.17) is 0 Å². The molecule has 0 bridgehead atoms. The van der Waals surface area contributed by atoms with Crippen LogP contribution in [0.5, 0.6) is 0 Å². The van der Waals surface area contributed by atoms with Crippen LogP contribution in [0.25, 0.3) is 0 Å². The van der Waals surface area contributed by atoms with Crippen LogP contribution >= 0.6 is 11.8 Å². The van der Waals surface area contributed by atoms with Crippen molar-refractivity contribution in [2.45, 2.75) is 25.1 Å². The van der Waals surface area contributed by atoms with Crippen LogP contribution in [0.4, 0.5) is 11.4 Å². The Labute approximate surface area is 111 Å². The fraction of sp³-hybridized carbons (Fsp3) is 0.500. The molecule has 0 aliphatic heterocycles. The molecule has 2 unspecified atom stereocenters. The van der Waals surface area contributed by atoms with Gasteiger partial charge >= 0.3 is 0 Å². The van der Waals surface area contributed by atoms with Gasteiger partial charge in [-0.05, 0) is 31.7 Å². The van der Waals surface area contributed by atoms with Gasteiger partial charge < -0.3 is 10.4 Å². The summed E-state index contributed by atoms with van der Waals surface area (Å²) in [5.41, 5.74) is 1.41. The zero-order valence-corrected chi connectivity index (χ0v) is 11.5. The van der Waals surface area contributed by atoms with Gasteiger partial charge in [0.15, 0.2) is 0 Å². The second-order valence-corrected chi connectivity index (χ2v) is 5.24. The van der Waals surface area contributed by atoms with Crippen LogP contribution in [-0.4, -0.2) is 34.2 Å². The van der Waals surface area contributed by atoms with Crippen molar-refractivity contribution < 1.29 is 10.0 Å². The molecular formula is C12H18N2O3S. The van der Waals surface area contributed by atoms with Gasteiger partial charge in [-0.15, -0.1) is 0 Å². The second kappa shape index (κ2) is 6.61. The highest BCUT2D eigenvalue weighted by Gasteiger charge is 2.19. The van der Waals surface area contributed by atoms with Crippen molar-refractivity contribution in [1.82, 2.24) is 0 Å². The number of nitrogens with one attached hydrogen (secondary N) is 1. The van der Waals surface area contributed by atoms with Gasteiger partial charge in [0.05, 0.1) is 11.5 Å². The van der Waals surface area contributed by atoms with Gasteiger partial charge in [-0.1, -0.05) is 6.07 Å². The Bertz CT molecular complexity index is 422. The molecule has 0 heterocycles. The molecule has 0 spiro atoms. The maximum atomic E-state index is 11.0. The highest BCUT2D eigenvalue weighted by atomic mass is 32.2. The number of aliphatic hydroxyl groups is 1. The van der Waals surface area contributed by atoms with Crippen molar-refractivity contribution in [3.63, 3.8) is 0 Å². The largest absolute Gasteiger partial charge is 0.395 e. The molecule has 1 aromatic rings. The van der Waals surface area contributed by atoms with Crippen LogP contribution in [0.3, 0.4) is 0 Å². The molecule has 2 atom stereocenters. The molecule has 2 N–H and O–H groups in total. The third-order valence-electron chi connectivity index (χ3n) is 2.77. The minimum Gasteiger partial charge on any atom is -0.395 e. The van der Waals surface area contributed by atoms with Gasteiger partial charge in [-0.2, -0.15) is 11.8 Å². The topological polar surface area (TPSA) is 75.4 Å². The molecule has 0 amide bonds. The van der Waals surface area contributed by atoms with E-state index in [1.165, 1.54) is 11.8 Å². The monoisotopic (exact) mass is 270 g/mol. The summed E-state index contributed by atoms with van der Waals surface area (Å²) < 4.78 is 0. The average Bonchev–Trinajstić information content (AvgIpc) is 2.32. The lowest BCUT2D eigenvalue weighted by atomic mass is 10.1. The first kappa shape index (κ1) is 14.8. The number of nitro groups is 1. The Morgan fingerprint density at radius 1 is 1.56 bits per heavy atom. The molecule has 1 rings (SSSR count). The molecule has 0 saturated heterocycles. The number of anilines is 1. The zero-order chi connectivity index (χ0) is 13.7. The molecule has 5 nitrogen and oxygen atoms in total. The summed E-state index contributed by atoms with van der Waals surface area (Å²) in [7, 11) is 0. The number of rotatable bonds is 6. The third kappa shape index (κ3) is 3.61. The van der Waals surface area contributed by atoms with Gasteiger partial charge in [0.25, 0.3) is 5.69 Å². The average molecular weight is 270 g/mol. The summed E-state index contributed by atoms with van der Waals surface area (Å²) >= 11 is 1.53. The molecule has 6 heteroatoms. The number of thioether (sulfide) groups is 1. The van der Waals surface area contributed by atoms with E-state index in [0.717, 1.165) is 5.56 Å². The fourth-order valence-electron chi connectivity index (χ4n) is 1.69. The summed E-state index contributed by atoms with van der Waals surface area (Å²) in [6, 6.07) is 5.03. The molecule has 100 valence electrons. The van der Waals surface area contributed by atoms with Crippen LogP contribution in [-0.2, 0) is 0 Å². The Hall–Kier alpha value is -1.27. The highest BCUT2D eigenvalue weighted by Crippen LogP contribution is 2.27. The zero-order valence-electron chi connectivity index (χ0n) is 10.7. The van der Waals surface area contributed by atoms with Gasteiger partial charge in [0, 0.05) is 17.4 Å². The van der Waals surface area contributed by atoms with E-state index in [0.29, 0.717) is 5.69 Å². The lowest BCUT2D eigenvalue weighted by Gasteiger charge is -2.22. The first-order valence-electron chi connectivity index (χ1n) is 5.64. The number of aryl methyl sites for hydroxylation is 1. The highest BCUT2D eigenvalue weighted by molar-refractivity contribution is 7.99. The molecule has 18 heavy (non-hydrogen) atoms. The predicted octanol–water partition coefficient (Wildman–Crippen LogP) is 2.43. The SMILES string of the molecule is CSC(CO)C(C)Nc1ccc(C)cc1[N+](=O)[O-]. The van der Waals surface area contributed by atoms with Crippen molar-refractivity contribution in [1.29, 1.82) is 0 Å². The summed E-state index contributed by atoms with van der Waals surface area (Å²) in [6.45, 7) is 3.76. The number of aliphatic hydroxyl groups excluding tert-OH is 1. The summed E-state index contributed by atoms with van der Waals surface area (Å²) in [5, 5.41) is 23.3. The third-order valence-corrected chi connectivity index (χ3v) is 3.94. The van der Waals surface area contributed by atoms with Crippen molar-refractivity contribution in [3.05, 3.63) is 33.9 Å². The second-order valence-electron chi connectivity index (χ2n) is 4.17. The lowest BCUT2D eigenvalue weighted by Crippen LogP contribution is -2.31. The number of nitrogens with zero attached hydrogens (tertiary/aromatic N) is 1. The number of benzene rings is 1. The molecule has 0 radical (unpaired) electrons. The van der Waals surface area contributed by atoms with E-state index in [1.807, 2.05) is 26.2 Å². The van der Waals surface area contributed by atoms with Gasteiger partial charge in [0.1, 0.15) is 5.69 Å². The Balaban J connectivity index is 2.93. The van der Waals surface area contributed by atoms with Crippen molar-refractivity contribution in [2.75, 3.05) is 18.2 Å². The van der Waals surface area contributed by atoms with Crippen LogP contribution in [0.15, 0.2) is 18.2 Å². The van der Waals surface area contributed by atoms with Crippen LogP contribution < -0.4 is 5.32 Å². The number of nitro benzene ring substituents is 1. The molecule has 0 saturated carbocycles. The Kier molecular flexibility index (Phi) is 5.43. The summed E-state index contributed by atoms with van der Waals surface area (Å²) in [4.78, 5) is 10.6. The first-order valence-corrected chi connectivity index (χ1v) is 6.93. The maximum Gasteiger partial charge on any atom is 0.292 e. The summed E-state index contributed by atoms with van der Waals surface area (Å²) in [6.07, 6.45) is 1.91. The number of hydrogen-bond donors (Lipinski definition) is 2. The van der Waals surface area contributed by atoms with Gasteiger partial charge in [-0.3, -0.25) is 10.1 Å². The van der Waals surface area contributed by atoms with E-state index >= 15 is 0 Å². The van der Waals surface area contributed by atoms with E-state index in [-0.39, 0.29) is 23.6 Å². The van der Waals surface area contributed by atoms with Crippen LogP contribution in [0.1, 0.15) is 12.5 Å². The molecule has 0 aromatic heterocycles. The molecule has 0 aliphatic rings. The minimum atomic E-state index is -0.394. The Morgan fingerprint density at radius 3 is 2.72 bits per heavy atom. The van der Waals surface area contributed by atoms with Crippen molar-refractivity contribution in [2.24, 2.45) is 0 Å². The van der Waals surface area contributed by atoms with Crippen LogP contribution in [0, 0.1) is 17.0 Å².